The van der Waals surface area contributed by atoms with Crippen LogP contribution in [0.5, 0.6) is 5.75 Å². The summed E-state index contributed by atoms with van der Waals surface area (Å²) in [4.78, 5) is 3.61. The molecular weight excluding hydrogens is 487 g/mol. The molecule has 0 bridgehead atoms. The maximum absolute atomic E-state index is 15.6. The summed E-state index contributed by atoms with van der Waals surface area (Å²) < 4.78 is 78.5. The van der Waals surface area contributed by atoms with Crippen LogP contribution in [-0.4, -0.2) is 28.1 Å². The smallest absolute Gasteiger partial charge is 0.323 e. The van der Waals surface area contributed by atoms with E-state index in [1.54, 1.807) is 6.07 Å². The van der Waals surface area contributed by atoms with Crippen LogP contribution in [0.25, 0.3) is 0 Å². The van der Waals surface area contributed by atoms with Crippen molar-refractivity contribution in [1.29, 1.82) is 5.26 Å². The van der Waals surface area contributed by atoms with E-state index in [2.05, 4.69) is 10.1 Å². The van der Waals surface area contributed by atoms with Gasteiger partial charge in [0.15, 0.2) is 5.60 Å². The summed E-state index contributed by atoms with van der Waals surface area (Å²) >= 11 is 0. The molecule has 3 rings (SSSR count). The molecule has 36 heavy (non-hydrogen) atoms. The Morgan fingerprint density at radius 1 is 1.11 bits per heavy atom. The molecule has 0 aliphatic carbocycles. The zero-order valence-corrected chi connectivity index (χ0v) is 18.4. The van der Waals surface area contributed by atoms with Crippen molar-refractivity contribution in [3.8, 4) is 11.8 Å². The van der Waals surface area contributed by atoms with E-state index in [1.165, 1.54) is 12.1 Å². The fourth-order valence-corrected chi connectivity index (χ4v) is 3.30. The van der Waals surface area contributed by atoms with Gasteiger partial charge >= 0.3 is 5.92 Å². The minimum absolute atomic E-state index is 0.0250. The number of aliphatic hydroxyl groups is 1. The Morgan fingerprint density at radius 3 is 2.44 bits per heavy atom. The van der Waals surface area contributed by atoms with Crippen LogP contribution in [0.2, 0.25) is 0 Å². The Morgan fingerprint density at radius 2 is 1.86 bits per heavy atom. The Labute approximate surface area is 201 Å². The zero-order chi connectivity index (χ0) is 26.5. The van der Waals surface area contributed by atoms with Crippen molar-refractivity contribution < 1.29 is 31.8 Å². The fourth-order valence-electron chi connectivity index (χ4n) is 3.30. The fraction of sp³-hybridized carbons (Fsp3) is 0.174. The molecule has 1 atom stereocenters. The van der Waals surface area contributed by atoms with Crippen molar-refractivity contribution in [2.45, 2.75) is 18.1 Å². The third-order valence-electron chi connectivity index (χ3n) is 5.14. The van der Waals surface area contributed by atoms with Crippen LogP contribution in [-0.2, 0) is 18.1 Å². The molecule has 1 unspecified atom stereocenters. The van der Waals surface area contributed by atoms with Gasteiger partial charge in [-0.3, -0.25) is 4.98 Å². The molecular formula is C23H19F5N6O2. The molecule has 8 nitrogen and oxygen atoms in total. The van der Waals surface area contributed by atoms with Crippen LogP contribution >= 0.6 is 0 Å². The average Bonchev–Trinajstić information content (AvgIpc) is 2.83. The van der Waals surface area contributed by atoms with E-state index in [0.29, 0.717) is 29.7 Å². The van der Waals surface area contributed by atoms with E-state index in [1.807, 2.05) is 0 Å². The van der Waals surface area contributed by atoms with Crippen molar-refractivity contribution in [2.75, 3.05) is 6.54 Å². The predicted octanol–water partition coefficient (Wildman–Crippen LogP) is 3.01. The van der Waals surface area contributed by atoms with Crippen molar-refractivity contribution >= 4 is 6.34 Å². The van der Waals surface area contributed by atoms with Gasteiger partial charge in [-0.2, -0.15) is 19.1 Å². The molecule has 1 aromatic heterocycles. The Bertz CT molecular complexity index is 1300. The number of hydrazone groups is 1. The zero-order valence-electron chi connectivity index (χ0n) is 18.4. The molecule has 0 spiro atoms. The second kappa shape index (κ2) is 10.5. The largest absolute Gasteiger partial charge is 0.487 e. The van der Waals surface area contributed by atoms with E-state index < -0.39 is 46.8 Å². The van der Waals surface area contributed by atoms with Crippen LogP contribution < -0.4 is 16.3 Å². The summed E-state index contributed by atoms with van der Waals surface area (Å²) in [6.07, 6.45) is 1.56. The molecule has 5 N–H and O–H groups in total. The first-order valence-corrected chi connectivity index (χ1v) is 10.1. The normalized spacial score (nSPS) is 13.3. The summed E-state index contributed by atoms with van der Waals surface area (Å²) in [7, 11) is 0. The minimum Gasteiger partial charge on any atom is -0.487 e. The van der Waals surface area contributed by atoms with Crippen LogP contribution in [0.15, 0.2) is 59.8 Å². The van der Waals surface area contributed by atoms with Crippen LogP contribution in [0, 0.1) is 28.8 Å². The average molecular weight is 506 g/mol. The summed E-state index contributed by atoms with van der Waals surface area (Å²) in [6.45, 7) is -1.45. The van der Waals surface area contributed by atoms with E-state index in [0.717, 1.165) is 24.4 Å². The first-order valence-electron chi connectivity index (χ1n) is 10.1. The monoisotopic (exact) mass is 506 g/mol. The van der Waals surface area contributed by atoms with Crippen LogP contribution in [0.4, 0.5) is 22.0 Å². The summed E-state index contributed by atoms with van der Waals surface area (Å²) in [5.74, 6) is -2.02. The molecule has 0 aliphatic heterocycles. The third kappa shape index (κ3) is 5.35. The highest BCUT2D eigenvalue weighted by Crippen LogP contribution is 2.46. The highest BCUT2D eigenvalue weighted by Gasteiger charge is 2.58. The number of hydrogen-bond acceptors (Lipinski definition) is 7. The molecule has 0 radical (unpaired) electrons. The number of ether oxygens (including phenoxy) is 1. The molecule has 188 valence electrons. The highest BCUT2D eigenvalue weighted by molar-refractivity contribution is 5.50. The molecule has 13 heteroatoms. The summed E-state index contributed by atoms with van der Waals surface area (Å²) in [5, 5.41) is 23.6. The highest BCUT2D eigenvalue weighted by atomic mass is 19.3. The Balaban J connectivity index is 1.90. The van der Waals surface area contributed by atoms with Gasteiger partial charge in [0, 0.05) is 17.2 Å². The number of nitrogens with two attached hydrogens (primary N) is 2. The Kier molecular flexibility index (Phi) is 7.71. The van der Waals surface area contributed by atoms with Gasteiger partial charge in [0.05, 0.1) is 24.4 Å². The first kappa shape index (κ1) is 26.3. The van der Waals surface area contributed by atoms with Crippen molar-refractivity contribution in [3.63, 3.8) is 0 Å². The maximum atomic E-state index is 15.6. The number of hydrogen-bond donors (Lipinski definition) is 3. The number of pyridine rings is 1. The van der Waals surface area contributed by atoms with E-state index in [9.17, 15) is 18.3 Å². The summed E-state index contributed by atoms with van der Waals surface area (Å²) in [5.41, 5.74) is -0.0188. The molecule has 0 aliphatic rings. The van der Waals surface area contributed by atoms with Gasteiger partial charge < -0.3 is 15.6 Å². The van der Waals surface area contributed by atoms with Gasteiger partial charge in [-0.25, -0.2) is 24.1 Å². The lowest BCUT2D eigenvalue weighted by Gasteiger charge is -2.37. The number of alkyl halides is 2. The van der Waals surface area contributed by atoms with Gasteiger partial charge in [0.1, 0.15) is 41.8 Å². The number of hydrazine groups is 1. The van der Waals surface area contributed by atoms with Crippen molar-refractivity contribution in [3.05, 3.63) is 94.6 Å². The Hall–Kier alpha value is -4.28. The second-order valence-corrected chi connectivity index (χ2v) is 7.51. The van der Waals surface area contributed by atoms with Gasteiger partial charge in [-0.05, 0) is 36.4 Å². The first-order chi connectivity index (χ1) is 17.0. The van der Waals surface area contributed by atoms with Gasteiger partial charge in [0.25, 0.3) is 0 Å². The number of halogens is 5. The molecule has 3 aromatic rings. The number of rotatable bonds is 9. The summed E-state index contributed by atoms with van der Waals surface area (Å²) in [6, 6.07) is 9.10. The number of nitrogens with zero attached hydrogens (tertiary/aromatic N) is 4. The second-order valence-electron chi connectivity index (χ2n) is 7.51. The number of benzene rings is 2. The molecule has 0 saturated heterocycles. The van der Waals surface area contributed by atoms with Crippen LogP contribution in [0.3, 0.4) is 0 Å². The molecule has 2 aromatic carbocycles. The quantitative estimate of drug-likeness (QED) is 0.134. The predicted molar refractivity (Wildman–Crippen MR) is 117 cm³/mol. The topological polar surface area (TPSA) is 134 Å². The number of aromatic nitrogens is 1. The van der Waals surface area contributed by atoms with Gasteiger partial charge in [-0.15, -0.1) is 0 Å². The van der Waals surface area contributed by atoms with Gasteiger partial charge in [-0.1, -0.05) is 6.07 Å². The maximum Gasteiger partial charge on any atom is 0.323 e. The minimum atomic E-state index is -4.29. The van der Waals surface area contributed by atoms with Crippen molar-refractivity contribution in [2.24, 2.45) is 16.7 Å². The van der Waals surface area contributed by atoms with Gasteiger partial charge in [0.2, 0.25) is 0 Å². The molecule has 0 amide bonds. The van der Waals surface area contributed by atoms with E-state index in [-0.39, 0.29) is 23.5 Å². The van der Waals surface area contributed by atoms with E-state index >= 15 is 8.78 Å². The van der Waals surface area contributed by atoms with Crippen LogP contribution in [0.1, 0.15) is 22.4 Å². The number of nitriles is 1. The van der Waals surface area contributed by atoms with E-state index in [4.69, 9.17) is 21.6 Å². The lowest BCUT2D eigenvalue weighted by Crippen LogP contribution is -2.53. The lowest BCUT2D eigenvalue weighted by atomic mass is 9.84. The third-order valence-corrected chi connectivity index (χ3v) is 5.14. The molecule has 1 heterocycles. The molecule has 0 fully saturated rings. The lowest BCUT2D eigenvalue weighted by molar-refractivity contribution is -0.208. The SMILES string of the molecule is N#Cc1ccc(COc2ccc(C(F)(F)C(O)(CN(N)/N=C\N)c3ccc(F)cc3F)nc2)c(F)c1. The molecule has 0 saturated carbocycles. The van der Waals surface area contributed by atoms with Crippen molar-refractivity contribution in [1.82, 2.24) is 10.1 Å². The standard InChI is InChI=1S/C23H19F5N6O2/c24-16-3-5-18(20(26)8-16)22(35,12-34(31)33-13-30)23(27,28)21-6-4-17(10-32-21)36-11-15-2-1-14(9-29)7-19(15)25/h1-8,10,13,35H,11-12,31H2,(H2,30,33).